The molecule has 0 aliphatic heterocycles. The minimum Gasteiger partial charge on any atom is -0.352 e. The summed E-state index contributed by atoms with van der Waals surface area (Å²) in [6.07, 6.45) is 14.6. The van der Waals surface area contributed by atoms with E-state index >= 15 is 0 Å². The van der Waals surface area contributed by atoms with Crippen LogP contribution in [-0.2, 0) is 9.59 Å². The van der Waals surface area contributed by atoms with Gasteiger partial charge in [0.2, 0.25) is 0 Å². The molecular formula is C22H32N2O2. The Hall–Kier alpha value is -2.10. The highest BCUT2D eigenvalue weighted by atomic mass is 16.2. The van der Waals surface area contributed by atoms with Crippen LogP contribution in [0.15, 0.2) is 47.6 Å². The van der Waals surface area contributed by atoms with E-state index in [2.05, 4.69) is 35.9 Å². The summed E-state index contributed by atoms with van der Waals surface area (Å²) >= 11 is 0. The van der Waals surface area contributed by atoms with Gasteiger partial charge < -0.3 is 10.6 Å². The first kappa shape index (κ1) is 20.2. The SMILES string of the molecule is C=C(C(=O)NCCCCNC(=O)C(=C)C1=CCCCC1)C1=CCCCC1. The third-order valence-corrected chi connectivity index (χ3v) is 5.08. The first-order chi connectivity index (χ1) is 12.6. The van der Waals surface area contributed by atoms with Crippen LogP contribution >= 0.6 is 0 Å². The van der Waals surface area contributed by atoms with Gasteiger partial charge in [-0.15, -0.1) is 0 Å². The first-order valence-electron chi connectivity index (χ1n) is 9.92. The lowest BCUT2D eigenvalue weighted by atomic mass is 9.94. The van der Waals surface area contributed by atoms with Gasteiger partial charge in [-0.1, -0.05) is 25.3 Å². The summed E-state index contributed by atoms with van der Waals surface area (Å²) in [5.41, 5.74) is 3.40. The van der Waals surface area contributed by atoms with Crippen LogP contribution in [0.2, 0.25) is 0 Å². The van der Waals surface area contributed by atoms with Crippen molar-refractivity contribution in [3.05, 3.63) is 47.6 Å². The minimum absolute atomic E-state index is 0.0696. The topological polar surface area (TPSA) is 58.2 Å². The van der Waals surface area contributed by atoms with E-state index in [1.165, 1.54) is 12.8 Å². The van der Waals surface area contributed by atoms with E-state index in [4.69, 9.17) is 0 Å². The molecule has 0 saturated heterocycles. The van der Waals surface area contributed by atoms with Crippen molar-refractivity contribution in [3.8, 4) is 0 Å². The van der Waals surface area contributed by atoms with Gasteiger partial charge in [-0.2, -0.15) is 0 Å². The maximum atomic E-state index is 12.1. The van der Waals surface area contributed by atoms with Crippen molar-refractivity contribution >= 4 is 11.8 Å². The summed E-state index contributed by atoms with van der Waals surface area (Å²) in [5.74, 6) is -0.139. The lowest BCUT2D eigenvalue weighted by molar-refractivity contribution is -0.118. The number of allylic oxidation sites excluding steroid dienone is 2. The quantitative estimate of drug-likeness (QED) is 0.482. The fourth-order valence-corrected chi connectivity index (χ4v) is 3.38. The molecule has 4 heteroatoms. The van der Waals surface area contributed by atoms with Crippen molar-refractivity contribution in [1.82, 2.24) is 10.6 Å². The summed E-state index contributed by atoms with van der Waals surface area (Å²) in [7, 11) is 0. The van der Waals surface area contributed by atoms with Crippen molar-refractivity contribution in [1.29, 1.82) is 0 Å². The zero-order valence-electron chi connectivity index (χ0n) is 15.9. The molecule has 0 bridgehead atoms. The molecule has 0 heterocycles. The van der Waals surface area contributed by atoms with Crippen LogP contribution in [0.1, 0.15) is 64.2 Å². The summed E-state index contributed by atoms with van der Waals surface area (Å²) in [6.45, 7) is 9.06. The molecule has 0 aromatic heterocycles. The summed E-state index contributed by atoms with van der Waals surface area (Å²) in [5, 5.41) is 5.85. The molecule has 0 saturated carbocycles. The second kappa shape index (κ2) is 10.8. The van der Waals surface area contributed by atoms with Crippen molar-refractivity contribution in [2.75, 3.05) is 13.1 Å². The number of rotatable bonds is 9. The zero-order valence-corrected chi connectivity index (χ0v) is 15.9. The largest absolute Gasteiger partial charge is 0.352 e. The number of amides is 2. The molecule has 0 aromatic carbocycles. The Morgan fingerprint density at radius 1 is 0.769 bits per heavy atom. The monoisotopic (exact) mass is 356 g/mol. The van der Waals surface area contributed by atoms with Crippen LogP contribution in [0, 0.1) is 0 Å². The zero-order chi connectivity index (χ0) is 18.8. The fraction of sp³-hybridized carbons (Fsp3) is 0.545. The number of hydrogen-bond acceptors (Lipinski definition) is 2. The maximum Gasteiger partial charge on any atom is 0.250 e. The number of carbonyl (C=O) groups excluding carboxylic acids is 2. The predicted molar refractivity (Wildman–Crippen MR) is 107 cm³/mol. The molecule has 26 heavy (non-hydrogen) atoms. The number of nitrogens with one attached hydrogen (secondary N) is 2. The van der Waals surface area contributed by atoms with E-state index in [-0.39, 0.29) is 11.8 Å². The van der Waals surface area contributed by atoms with Crippen molar-refractivity contribution in [2.45, 2.75) is 64.2 Å². The van der Waals surface area contributed by atoms with Gasteiger partial charge in [-0.3, -0.25) is 9.59 Å². The Bertz CT molecular complexity index is 560. The van der Waals surface area contributed by atoms with Crippen LogP contribution in [0.25, 0.3) is 0 Å². The Balaban J connectivity index is 1.57. The number of carbonyl (C=O) groups is 2. The highest BCUT2D eigenvalue weighted by Gasteiger charge is 2.14. The average Bonchev–Trinajstić information content (AvgIpc) is 2.70. The molecule has 2 amide bonds. The Morgan fingerprint density at radius 2 is 1.19 bits per heavy atom. The third kappa shape index (κ3) is 6.32. The van der Waals surface area contributed by atoms with Gasteiger partial charge >= 0.3 is 0 Å². The molecule has 2 rings (SSSR count). The lowest BCUT2D eigenvalue weighted by Crippen LogP contribution is -2.29. The average molecular weight is 357 g/mol. The highest BCUT2D eigenvalue weighted by molar-refractivity contribution is 5.97. The van der Waals surface area contributed by atoms with Crippen LogP contribution in [0.5, 0.6) is 0 Å². The van der Waals surface area contributed by atoms with E-state index in [1.807, 2.05) is 0 Å². The number of unbranched alkanes of at least 4 members (excludes halogenated alkanes) is 1. The van der Waals surface area contributed by atoms with Crippen LogP contribution in [-0.4, -0.2) is 24.9 Å². The highest BCUT2D eigenvalue weighted by Crippen LogP contribution is 2.23. The normalized spacial score (nSPS) is 16.9. The minimum atomic E-state index is -0.0696. The molecule has 0 atom stereocenters. The molecule has 2 N–H and O–H groups in total. The molecule has 0 spiro atoms. The van der Waals surface area contributed by atoms with E-state index in [0.29, 0.717) is 24.2 Å². The van der Waals surface area contributed by atoms with Crippen molar-refractivity contribution < 1.29 is 9.59 Å². The third-order valence-electron chi connectivity index (χ3n) is 5.08. The van der Waals surface area contributed by atoms with Gasteiger partial charge in [0.1, 0.15) is 0 Å². The molecule has 0 fully saturated rings. The van der Waals surface area contributed by atoms with Gasteiger partial charge in [-0.25, -0.2) is 0 Å². The fourth-order valence-electron chi connectivity index (χ4n) is 3.38. The van der Waals surface area contributed by atoms with Crippen LogP contribution < -0.4 is 10.6 Å². The first-order valence-corrected chi connectivity index (χ1v) is 9.92. The standard InChI is InChI=1S/C22H32N2O2/c1-17(19-11-5-3-6-12-19)21(25)23-15-9-10-16-24-22(26)18(2)20-13-7-4-8-14-20/h11,13H,1-10,12,14-16H2,(H,23,25)(H,24,26). The summed E-state index contributed by atoms with van der Waals surface area (Å²) in [4.78, 5) is 24.2. The Kier molecular flexibility index (Phi) is 8.39. The Labute approximate surface area is 157 Å². The smallest absolute Gasteiger partial charge is 0.250 e. The molecule has 4 nitrogen and oxygen atoms in total. The van der Waals surface area contributed by atoms with Crippen molar-refractivity contribution in [2.24, 2.45) is 0 Å². The van der Waals surface area contributed by atoms with Gasteiger partial charge in [-0.05, 0) is 75.4 Å². The van der Waals surface area contributed by atoms with E-state index in [9.17, 15) is 9.59 Å². The molecular weight excluding hydrogens is 324 g/mol. The van der Waals surface area contributed by atoms with E-state index in [0.717, 1.165) is 62.5 Å². The maximum absolute atomic E-state index is 12.1. The van der Waals surface area contributed by atoms with Gasteiger partial charge in [0, 0.05) is 24.2 Å². The van der Waals surface area contributed by atoms with Crippen LogP contribution in [0.4, 0.5) is 0 Å². The summed E-state index contributed by atoms with van der Waals surface area (Å²) < 4.78 is 0. The lowest BCUT2D eigenvalue weighted by Gasteiger charge is -2.15. The Morgan fingerprint density at radius 3 is 1.54 bits per heavy atom. The van der Waals surface area contributed by atoms with E-state index < -0.39 is 0 Å². The number of hydrogen-bond donors (Lipinski definition) is 2. The molecule has 0 aromatic rings. The summed E-state index contributed by atoms with van der Waals surface area (Å²) in [6, 6.07) is 0. The van der Waals surface area contributed by atoms with Gasteiger partial charge in [0.25, 0.3) is 11.8 Å². The van der Waals surface area contributed by atoms with E-state index in [1.54, 1.807) is 0 Å². The molecule has 0 unspecified atom stereocenters. The molecule has 2 aliphatic rings. The predicted octanol–water partition coefficient (Wildman–Crippen LogP) is 4.11. The second-order valence-corrected chi connectivity index (χ2v) is 7.13. The van der Waals surface area contributed by atoms with Crippen LogP contribution in [0.3, 0.4) is 0 Å². The molecule has 0 radical (unpaired) electrons. The van der Waals surface area contributed by atoms with Crippen molar-refractivity contribution in [3.63, 3.8) is 0 Å². The molecule has 2 aliphatic carbocycles. The van der Waals surface area contributed by atoms with Gasteiger partial charge in [0.15, 0.2) is 0 Å². The van der Waals surface area contributed by atoms with Gasteiger partial charge in [0.05, 0.1) is 0 Å². The molecule has 142 valence electrons. The second-order valence-electron chi connectivity index (χ2n) is 7.13.